The SMILES string of the molecule is COc1ccc(NC(=O)N2CCC(Oc3ccc(OC)nn3)C2)cc1. The Morgan fingerprint density at radius 2 is 1.80 bits per heavy atom. The lowest BCUT2D eigenvalue weighted by molar-refractivity contribution is 0.188. The molecule has 8 heteroatoms. The molecular weight excluding hydrogens is 324 g/mol. The molecule has 1 saturated heterocycles. The number of nitrogens with one attached hydrogen (secondary N) is 1. The maximum Gasteiger partial charge on any atom is 0.321 e. The Kier molecular flexibility index (Phi) is 5.17. The summed E-state index contributed by atoms with van der Waals surface area (Å²) < 4.78 is 15.8. The summed E-state index contributed by atoms with van der Waals surface area (Å²) in [6.07, 6.45) is 0.633. The highest BCUT2D eigenvalue weighted by atomic mass is 16.5. The first kappa shape index (κ1) is 16.8. The van der Waals surface area contributed by atoms with E-state index in [1.54, 1.807) is 48.4 Å². The van der Waals surface area contributed by atoms with Crippen molar-refractivity contribution in [3.63, 3.8) is 0 Å². The van der Waals surface area contributed by atoms with Crippen LogP contribution in [-0.4, -0.2) is 54.5 Å². The van der Waals surface area contributed by atoms with Crippen LogP contribution in [0, 0.1) is 0 Å². The average molecular weight is 344 g/mol. The molecule has 0 aliphatic carbocycles. The van der Waals surface area contributed by atoms with Crippen LogP contribution >= 0.6 is 0 Å². The average Bonchev–Trinajstić information content (AvgIpc) is 3.12. The predicted molar refractivity (Wildman–Crippen MR) is 91.2 cm³/mol. The molecule has 2 heterocycles. The summed E-state index contributed by atoms with van der Waals surface area (Å²) in [4.78, 5) is 14.0. The Morgan fingerprint density at radius 3 is 2.44 bits per heavy atom. The minimum absolute atomic E-state index is 0.107. The molecular formula is C17H20N4O4. The third-order valence-electron chi connectivity index (χ3n) is 3.89. The van der Waals surface area contributed by atoms with Gasteiger partial charge in [0.1, 0.15) is 11.9 Å². The Balaban J connectivity index is 1.51. The number of aromatic nitrogens is 2. The Labute approximate surface area is 145 Å². The van der Waals surface area contributed by atoms with Crippen LogP contribution in [0.1, 0.15) is 6.42 Å². The van der Waals surface area contributed by atoms with Crippen LogP contribution in [0.5, 0.6) is 17.5 Å². The van der Waals surface area contributed by atoms with Crippen molar-refractivity contribution in [3.8, 4) is 17.5 Å². The molecule has 1 fully saturated rings. The number of likely N-dealkylation sites (tertiary alicyclic amines) is 1. The van der Waals surface area contributed by atoms with Gasteiger partial charge >= 0.3 is 6.03 Å². The van der Waals surface area contributed by atoms with E-state index in [1.807, 2.05) is 0 Å². The highest BCUT2D eigenvalue weighted by molar-refractivity contribution is 5.89. The van der Waals surface area contributed by atoms with Gasteiger partial charge in [-0.2, -0.15) is 0 Å². The molecule has 1 aliphatic heterocycles. The van der Waals surface area contributed by atoms with Crippen LogP contribution < -0.4 is 19.5 Å². The van der Waals surface area contributed by atoms with Crippen molar-refractivity contribution < 1.29 is 19.0 Å². The van der Waals surface area contributed by atoms with Gasteiger partial charge in [-0.3, -0.25) is 0 Å². The Bertz CT molecular complexity index is 706. The number of ether oxygens (including phenoxy) is 3. The highest BCUT2D eigenvalue weighted by Crippen LogP contribution is 2.19. The van der Waals surface area contributed by atoms with E-state index in [1.165, 1.54) is 7.11 Å². The quantitative estimate of drug-likeness (QED) is 0.895. The molecule has 8 nitrogen and oxygen atoms in total. The molecule has 0 bridgehead atoms. The fraction of sp³-hybridized carbons (Fsp3) is 0.353. The summed E-state index contributed by atoms with van der Waals surface area (Å²) in [5, 5.41) is 10.7. The molecule has 132 valence electrons. The summed E-state index contributed by atoms with van der Waals surface area (Å²) in [5.41, 5.74) is 0.719. The second-order valence-corrected chi connectivity index (χ2v) is 5.55. The molecule has 2 amide bonds. The van der Waals surface area contributed by atoms with Crippen LogP contribution in [0.25, 0.3) is 0 Å². The first-order valence-electron chi connectivity index (χ1n) is 7.92. The van der Waals surface area contributed by atoms with E-state index in [4.69, 9.17) is 14.2 Å². The molecule has 3 rings (SSSR count). The third kappa shape index (κ3) is 4.28. The molecule has 1 aromatic carbocycles. The largest absolute Gasteiger partial charge is 0.497 e. The standard InChI is InChI=1S/C17H20N4O4/c1-23-13-5-3-12(4-6-13)18-17(22)21-10-9-14(11-21)25-16-8-7-15(24-2)19-20-16/h3-8,14H,9-11H2,1-2H3,(H,18,22). The zero-order valence-electron chi connectivity index (χ0n) is 14.1. The molecule has 1 atom stereocenters. The molecule has 1 aliphatic rings. The van der Waals surface area contributed by atoms with E-state index in [0.29, 0.717) is 24.8 Å². The van der Waals surface area contributed by atoms with Crippen LogP contribution in [0.3, 0.4) is 0 Å². The van der Waals surface area contributed by atoms with Crippen LogP contribution in [0.15, 0.2) is 36.4 Å². The molecule has 0 spiro atoms. The van der Waals surface area contributed by atoms with E-state index >= 15 is 0 Å². The van der Waals surface area contributed by atoms with E-state index in [-0.39, 0.29) is 12.1 Å². The van der Waals surface area contributed by atoms with Gasteiger partial charge in [-0.05, 0) is 24.3 Å². The van der Waals surface area contributed by atoms with Gasteiger partial charge in [-0.1, -0.05) is 0 Å². The number of hydrogen-bond donors (Lipinski definition) is 1. The number of anilines is 1. The molecule has 25 heavy (non-hydrogen) atoms. The fourth-order valence-corrected chi connectivity index (χ4v) is 2.54. The maximum atomic E-state index is 12.3. The van der Waals surface area contributed by atoms with Gasteiger partial charge in [0, 0.05) is 30.8 Å². The van der Waals surface area contributed by atoms with Crippen molar-refractivity contribution in [2.45, 2.75) is 12.5 Å². The summed E-state index contributed by atoms with van der Waals surface area (Å²) in [7, 11) is 3.13. The van der Waals surface area contributed by atoms with Gasteiger partial charge in [0.05, 0.1) is 20.8 Å². The molecule has 1 unspecified atom stereocenters. The predicted octanol–water partition coefficient (Wildman–Crippen LogP) is 2.18. The molecule has 0 saturated carbocycles. The van der Waals surface area contributed by atoms with Gasteiger partial charge in [-0.25, -0.2) is 4.79 Å². The van der Waals surface area contributed by atoms with E-state index in [9.17, 15) is 4.79 Å². The van der Waals surface area contributed by atoms with Crippen molar-refractivity contribution in [1.82, 2.24) is 15.1 Å². The van der Waals surface area contributed by atoms with Crippen molar-refractivity contribution >= 4 is 11.7 Å². The second kappa shape index (κ2) is 7.69. The molecule has 1 aromatic heterocycles. The van der Waals surface area contributed by atoms with Crippen LogP contribution in [0.4, 0.5) is 10.5 Å². The van der Waals surface area contributed by atoms with Crippen molar-refractivity contribution in [3.05, 3.63) is 36.4 Å². The number of rotatable bonds is 5. The summed E-state index contributed by atoms with van der Waals surface area (Å²) >= 11 is 0. The molecule has 0 radical (unpaired) electrons. The summed E-state index contributed by atoms with van der Waals surface area (Å²) in [6, 6.07) is 10.4. The number of hydrogen-bond acceptors (Lipinski definition) is 6. The topological polar surface area (TPSA) is 85.8 Å². The van der Waals surface area contributed by atoms with Gasteiger partial charge in [0.2, 0.25) is 11.8 Å². The molecule has 2 aromatic rings. The van der Waals surface area contributed by atoms with Crippen LogP contribution in [-0.2, 0) is 0 Å². The second-order valence-electron chi connectivity index (χ2n) is 5.55. The number of carbonyl (C=O) groups excluding carboxylic acids is 1. The first-order valence-corrected chi connectivity index (χ1v) is 7.92. The number of benzene rings is 1. The maximum absolute atomic E-state index is 12.3. The lowest BCUT2D eigenvalue weighted by atomic mass is 10.3. The van der Waals surface area contributed by atoms with E-state index < -0.39 is 0 Å². The normalized spacial score (nSPS) is 16.4. The summed E-state index contributed by atoms with van der Waals surface area (Å²) in [6.45, 7) is 1.12. The zero-order valence-corrected chi connectivity index (χ0v) is 14.1. The lowest BCUT2D eigenvalue weighted by Crippen LogP contribution is -2.34. The smallest absolute Gasteiger partial charge is 0.321 e. The number of nitrogens with zero attached hydrogens (tertiary/aromatic N) is 3. The van der Waals surface area contributed by atoms with Crippen LogP contribution in [0.2, 0.25) is 0 Å². The fourth-order valence-electron chi connectivity index (χ4n) is 2.54. The van der Waals surface area contributed by atoms with Gasteiger partial charge in [0.15, 0.2) is 0 Å². The number of amides is 2. The minimum atomic E-state index is -0.155. The van der Waals surface area contributed by atoms with Gasteiger partial charge in [-0.15, -0.1) is 10.2 Å². The Hall–Kier alpha value is -3.03. The number of methoxy groups -OCH3 is 2. The number of carbonyl (C=O) groups is 1. The lowest BCUT2D eigenvalue weighted by Gasteiger charge is -2.17. The minimum Gasteiger partial charge on any atom is -0.497 e. The van der Waals surface area contributed by atoms with Gasteiger partial charge < -0.3 is 24.4 Å². The third-order valence-corrected chi connectivity index (χ3v) is 3.89. The first-order chi connectivity index (χ1) is 12.2. The van der Waals surface area contributed by atoms with Gasteiger partial charge in [0.25, 0.3) is 0 Å². The number of urea groups is 1. The van der Waals surface area contributed by atoms with E-state index in [2.05, 4.69) is 15.5 Å². The molecule has 1 N–H and O–H groups in total. The monoisotopic (exact) mass is 344 g/mol. The zero-order chi connectivity index (χ0) is 17.6. The van der Waals surface area contributed by atoms with E-state index in [0.717, 1.165) is 17.9 Å². The van der Waals surface area contributed by atoms with Crippen molar-refractivity contribution in [2.75, 3.05) is 32.6 Å². The summed E-state index contributed by atoms with van der Waals surface area (Å²) in [5.74, 6) is 1.59. The van der Waals surface area contributed by atoms with Crippen molar-refractivity contribution in [1.29, 1.82) is 0 Å². The Morgan fingerprint density at radius 1 is 1.08 bits per heavy atom. The van der Waals surface area contributed by atoms with Crippen molar-refractivity contribution in [2.24, 2.45) is 0 Å². The highest BCUT2D eigenvalue weighted by Gasteiger charge is 2.28.